The highest BCUT2D eigenvalue weighted by Gasteiger charge is 2.17. The van der Waals surface area contributed by atoms with Gasteiger partial charge in [-0.25, -0.2) is 0 Å². The summed E-state index contributed by atoms with van der Waals surface area (Å²) in [4.78, 5) is 0. The van der Waals surface area contributed by atoms with E-state index in [4.69, 9.17) is 10.5 Å². The number of hydrogen-bond donors (Lipinski definition) is 1. The molecule has 0 spiro atoms. The van der Waals surface area contributed by atoms with Crippen molar-refractivity contribution in [1.82, 2.24) is 0 Å². The van der Waals surface area contributed by atoms with Gasteiger partial charge >= 0.3 is 0 Å². The molecule has 0 saturated carbocycles. The van der Waals surface area contributed by atoms with Crippen LogP contribution in [0, 0.1) is 0 Å². The molecule has 0 amide bonds. The quantitative estimate of drug-likeness (QED) is 0.683. The monoisotopic (exact) mass is 163 g/mol. The van der Waals surface area contributed by atoms with Crippen molar-refractivity contribution in [2.24, 2.45) is 5.73 Å². The third kappa shape index (κ3) is 1.08. The minimum Gasteiger partial charge on any atom is -0.493 e. The molecule has 1 aliphatic rings. The Balaban J connectivity index is 2.49. The number of para-hydroxylation sites is 1. The highest BCUT2D eigenvalue weighted by Crippen LogP contribution is 2.32. The van der Waals surface area contributed by atoms with Crippen LogP contribution in [-0.4, -0.2) is 6.61 Å². The Hall–Kier alpha value is -1.02. The van der Waals surface area contributed by atoms with Crippen molar-refractivity contribution in [3.8, 4) is 5.75 Å². The van der Waals surface area contributed by atoms with Crippen LogP contribution in [0.1, 0.15) is 24.1 Å². The average Bonchev–Trinajstić information content (AvgIpc) is 2.49. The Morgan fingerprint density at radius 1 is 1.50 bits per heavy atom. The minimum atomic E-state index is 0.0676. The zero-order chi connectivity index (χ0) is 8.55. The lowest BCUT2D eigenvalue weighted by Gasteiger charge is -2.10. The van der Waals surface area contributed by atoms with Crippen LogP contribution >= 0.6 is 0 Å². The fourth-order valence-corrected chi connectivity index (χ4v) is 1.60. The summed E-state index contributed by atoms with van der Waals surface area (Å²) in [7, 11) is 0. The Morgan fingerprint density at radius 2 is 2.33 bits per heavy atom. The molecule has 2 N–H and O–H groups in total. The standard InChI is InChI=1S/C10H13NO/c1-7(11)9-4-2-3-8-5-6-12-10(8)9/h2-4,7H,5-6,11H2,1H3/t7-/m1/s1. The summed E-state index contributed by atoms with van der Waals surface area (Å²) in [5, 5.41) is 0. The van der Waals surface area contributed by atoms with E-state index in [1.165, 1.54) is 5.56 Å². The molecule has 1 aliphatic heterocycles. The Kier molecular flexibility index (Phi) is 1.77. The number of benzene rings is 1. The van der Waals surface area contributed by atoms with Crippen LogP contribution in [0.15, 0.2) is 18.2 Å². The van der Waals surface area contributed by atoms with Crippen LogP contribution in [0.25, 0.3) is 0 Å². The van der Waals surface area contributed by atoms with Crippen LogP contribution in [0.3, 0.4) is 0 Å². The second-order valence-electron chi connectivity index (χ2n) is 3.22. The molecule has 0 aromatic heterocycles. The average molecular weight is 163 g/mol. The number of rotatable bonds is 1. The van der Waals surface area contributed by atoms with Gasteiger partial charge in [0.2, 0.25) is 0 Å². The molecule has 1 aromatic carbocycles. The van der Waals surface area contributed by atoms with Gasteiger partial charge in [-0.1, -0.05) is 18.2 Å². The number of nitrogens with two attached hydrogens (primary N) is 1. The smallest absolute Gasteiger partial charge is 0.127 e. The second-order valence-corrected chi connectivity index (χ2v) is 3.22. The third-order valence-corrected chi connectivity index (χ3v) is 2.24. The summed E-state index contributed by atoms with van der Waals surface area (Å²) >= 11 is 0. The molecule has 1 heterocycles. The second kappa shape index (κ2) is 2.79. The SMILES string of the molecule is C[C@@H](N)c1cccc2c1OCC2. The minimum absolute atomic E-state index is 0.0676. The zero-order valence-corrected chi connectivity index (χ0v) is 7.21. The summed E-state index contributed by atoms with van der Waals surface area (Å²) in [6, 6.07) is 6.26. The van der Waals surface area contributed by atoms with Crippen molar-refractivity contribution in [2.75, 3.05) is 6.61 Å². The summed E-state index contributed by atoms with van der Waals surface area (Å²) in [5.41, 5.74) is 8.23. The van der Waals surface area contributed by atoms with E-state index in [0.717, 1.165) is 24.3 Å². The molecule has 1 atom stereocenters. The number of ether oxygens (including phenoxy) is 1. The van der Waals surface area contributed by atoms with E-state index in [1.54, 1.807) is 0 Å². The molecule has 0 unspecified atom stereocenters. The topological polar surface area (TPSA) is 35.2 Å². The van der Waals surface area contributed by atoms with Crippen molar-refractivity contribution in [1.29, 1.82) is 0 Å². The number of fused-ring (bicyclic) bond motifs is 1. The van der Waals surface area contributed by atoms with Gasteiger partial charge in [0.1, 0.15) is 5.75 Å². The predicted octanol–water partition coefficient (Wildman–Crippen LogP) is 1.64. The van der Waals surface area contributed by atoms with Gasteiger partial charge in [0.15, 0.2) is 0 Å². The van der Waals surface area contributed by atoms with Gasteiger partial charge in [-0.15, -0.1) is 0 Å². The summed E-state index contributed by atoms with van der Waals surface area (Å²) < 4.78 is 5.51. The summed E-state index contributed by atoms with van der Waals surface area (Å²) in [6.07, 6.45) is 1.02. The van der Waals surface area contributed by atoms with Crippen molar-refractivity contribution in [3.63, 3.8) is 0 Å². The number of hydrogen-bond acceptors (Lipinski definition) is 2. The van der Waals surface area contributed by atoms with E-state index < -0.39 is 0 Å². The highest BCUT2D eigenvalue weighted by atomic mass is 16.5. The van der Waals surface area contributed by atoms with E-state index in [2.05, 4.69) is 6.07 Å². The van der Waals surface area contributed by atoms with Crippen molar-refractivity contribution in [3.05, 3.63) is 29.3 Å². The van der Waals surface area contributed by atoms with Crippen molar-refractivity contribution < 1.29 is 4.74 Å². The summed E-state index contributed by atoms with van der Waals surface area (Å²) in [5.74, 6) is 1.02. The van der Waals surface area contributed by atoms with Gasteiger partial charge in [-0.3, -0.25) is 0 Å². The molecular formula is C10H13NO. The molecule has 2 nitrogen and oxygen atoms in total. The maximum absolute atomic E-state index is 5.81. The first-order valence-corrected chi connectivity index (χ1v) is 4.29. The lowest BCUT2D eigenvalue weighted by Crippen LogP contribution is -2.06. The molecule has 0 radical (unpaired) electrons. The maximum Gasteiger partial charge on any atom is 0.127 e. The first kappa shape index (κ1) is 7.62. The van der Waals surface area contributed by atoms with Crippen molar-refractivity contribution in [2.45, 2.75) is 19.4 Å². The molecule has 0 fully saturated rings. The van der Waals surface area contributed by atoms with Crippen molar-refractivity contribution >= 4 is 0 Å². The van der Waals surface area contributed by atoms with E-state index >= 15 is 0 Å². The first-order chi connectivity index (χ1) is 5.79. The van der Waals surface area contributed by atoms with Gasteiger partial charge in [-0.05, 0) is 12.5 Å². The molecule has 64 valence electrons. The lowest BCUT2D eigenvalue weighted by molar-refractivity contribution is 0.352. The van der Waals surface area contributed by atoms with E-state index in [0.29, 0.717) is 0 Å². The van der Waals surface area contributed by atoms with Crippen LogP contribution in [-0.2, 0) is 6.42 Å². The Morgan fingerprint density at radius 3 is 3.08 bits per heavy atom. The molecule has 0 saturated heterocycles. The maximum atomic E-state index is 5.81. The van der Waals surface area contributed by atoms with Crippen LogP contribution < -0.4 is 10.5 Å². The van der Waals surface area contributed by atoms with E-state index in [1.807, 2.05) is 19.1 Å². The molecular weight excluding hydrogens is 150 g/mol. The van der Waals surface area contributed by atoms with Crippen LogP contribution in [0.2, 0.25) is 0 Å². The Labute approximate surface area is 72.3 Å². The zero-order valence-electron chi connectivity index (χ0n) is 7.21. The lowest BCUT2D eigenvalue weighted by atomic mass is 10.0. The van der Waals surface area contributed by atoms with Gasteiger partial charge in [0.25, 0.3) is 0 Å². The van der Waals surface area contributed by atoms with E-state index in [-0.39, 0.29) is 6.04 Å². The fraction of sp³-hybridized carbons (Fsp3) is 0.400. The predicted molar refractivity (Wildman–Crippen MR) is 48.2 cm³/mol. The fourth-order valence-electron chi connectivity index (χ4n) is 1.60. The van der Waals surface area contributed by atoms with Gasteiger partial charge in [0, 0.05) is 18.0 Å². The van der Waals surface area contributed by atoms with Gasteiger partial charge < -0.3 is 10.5 Å². The molecule has 0 bridgehead atoms. The van der Waals surface area contributed by atoms with Crippen LogP contribution in [0.4, 0.5) is 0 Å². The van der Waals surface area contributed by atoms with E-state index in [9.17, 15) is 0 Å². The highest BCUT2D eigenvalue weighted by molar-refractivity contribution is 5.45. The Bertz CT molecular complexity index is 294. The summed E-state index contributed by atoms with van der Waals surface area (Å²) in [6.45, 7) is 2.79. The largest absolute Gasteiger partial charge is 0.493 e. The molecule has 1 aromatic rings. The molecule has 12 heavy (non-hydrogen) atoms. The molecule has 0 aliphatic carbocycles. The normalized spacial score (nSPS) is 16.8. The third-order valence-electron chi connectivity index (χ3n) is 2.24. The van der Waals surface area contributed by atoms with Gasteiger partial charge in [-0.2, -0.15) is 0 Å². The van der Waals surface area contributed by atoms with Gasteiger partial charge in [0.05, 0.1) is 6.61 Å². The van der Waals surface area contributed by atoms with Crippen LogP contribution in [0.5, 0.6) is 5.75 Å². The molecule has 2 heteroatoms. The molecule has 2 rings (SSSR count). The first-order valence-electron chi connectivity index (χ1n) is 4.29.